The Bertz CT molecular complexity index is 1170. The maximum absolute atomic E-state index is 13.2. The van der Waals surface area contributed by atoms with Gasteiger partial charge in [-0.1, -0.05) is 23.4 Å². The number of halogens is 1. The number of thioether (sulfide) groups is 1. The van der Waals surface area contributed by atoms with Gasteiger partial charge in [0.2, 0.25) is 5.91 Å². The molecule has 0 fully saturated rings. The first-order valence-electron chi connectivity index (χ1n) is 9.47. The Morgan fingerprint density at radius 2 is 2.00 bits per heavy atom. The quantitative estimate of drug-likeness (QED) is 0.387. The largest absolute Gasteiger partial charge is 0.495 e. The SMILES string of the molecule is COc1ccc(NC(=O)C(C)Sc2nc3sc(C)c(C)c3c(=O)n2C(C)C)cc1Cl. The smallest absolute Gasteiger partial charge is 0.263 e. The highest BCUT2D eigenvalue weighted by Gasteiger charge is 2.23. The second kappa shape index (κ2) is 8.99. The molecule has 0 aliphatic carbocycles. The zero-order chi connectivity index (χ0) is 22.2. The molecule has 0 saturated heterocycles. The second-order valence-electron chi connectivity index (χ2n) is 7.23. The Kier molecular flexibility index (Phi) is 6.79. The van der Waals surface area contributed by atoms with Gasteiger partial charge in [-0.3, -0.25) is 14.2 Å². The molecular weight excluding hydrogens is 442 g/mol. The molecule has 3 aromatic rings. The lowest BCUT2D eigenvalue weighted by molar-refractivity contribution is -0.115. The molecule has 0 spiro atoms. The number of fused-ring (bicyclic) bond motifs is 1. The fourth-order valence-corrected chi connectivity index (χ4v) is 5.39. The summed E-state index contributed by atoms with van der Waals surface area (Å²) in [7, 11) is 1.53. The van der Waals surface area contributed by atoms with Crippen LogP contribution >= 0.6 is 34.7 Å². The van der Waals surface area contributed by atoms with E-state index in [0.717, 1.165) is 10.4 Å². The zero-order valence-electron chi connectivity index (χ0n) is 17.7. The van der Waals surface area contributed by atoms with Crippen molar-refractivity contribution < 1.29 is 9.53 Å². The third-order valence-corrected chi connectivity index (χ3v) is 7.25. The molecule has 0 aliphatic rings. The Balaban J connectivity index is 1.89. The number of aryl methyl sites for hydroxylation is 2. The molecular formula is C21H24ClN3O3S2. The van der Waals surface area contributed by atoms with E-state index < -0.39 is 5.25 Å². The highest BCUT2D eigenvalue weighted by molar-refractivity contribution is 8.00. The molecule has 1 unspecified atom stereocenters. The van der Waals surface area contributed by atoms with E-state index in [0.29, 0.717) is 31.8 Å². The minimum absolute atomic E-state index is 0.0612. The average molecular weight is 466 g/mol. The lowest BCUT2D eigenvalue weighted by Crippen LogP contribution is -2.28. The van der Waals surface area contributed by atoms with Crippen LogP contribution in [0.25, 0.3) is 10.2 Å². The molecule has 1 amide bonds. The molecule has 1 aromatic carbocycles. The number of rotatable bonds is 6. The van der Waals surface area contributed by atoms with Crippen molar-refractivity contribution >= 4 is 56.5 Å². The average Bonchev–Trinajstić information content (AvgIpc) is 2.95. The van der Waals surface area contributed by atoms with Gasteiger partial charge in [0, 0.05) is 16.6 Å². The fraction of sp³-hybridized carbons (Fsp3) is 0.381. The Morgan fingerprint density at radius 1 is 1.30 bits per heavy atom. The number of aromatic nitrogens is 2. The minimum atomic E-state index is -0.470. The van der Waals surface area contributed by atoms with Crippen LogP contribution in [-0.2, 0) is 4.79 Å². The number of amides is 1. The van der Waals surface area contributed by atoms with Crippen LogP contribution in [0.4, 0.5) is 5.69 Å². The molecule has 6 nitrogen and oxygen atoms in total. The summed E-state index contributed by atoms with van der Waals surface area (Å²) >= 11 is 8.91. The van der Waals surface area contributed by atoms with Gasteiger partial charge in [0.05, 0.1) is 22.8 Å². The summed E-state index contributed by atoms with van der Waals surface area (Å²) in [4.78, 5) is 32.4. The van der Waals surface area contributed by atoms with Gasteiger partial charge in [-0.05, 0) is 58.4 Å². The van der Waals surface area contributed by atoms with Gasteiger partial charge in [0.15, 0.2) is 5.16 Å². The van der Waals surface area contributed by atoms with E-state index in [1.54, 1.807) is 29.7 Å². The molecule has 0 radical (unpaired) electrons. The molecule has 0 bridgehead atoms. The van der Waals surface area contributed by atoms with Crippen molar-refractivity contribution in [3.63, 3.8) is 0 Å². The van der Waals surface area contributed by atoms with Crippen LogP contribution in [-0.4, -0.2) is 27.8 Å². The Hall–Kier alpha value is -2.03. The maximum Gasteiger partial charge on any atom is 0.263 e. The van der Waals surface area contributed by atoms with Gasteiger partial charge in [-0.25, -0.2) is 4.98 Å². The summed E-state index contributed by atoms with van der Waals surface area (Å²) in [5.74, 6) is 0.335. The third-order valence-electron chi connectivity index (χ3n) is 4.79. The number of carbonyl (C=O) groups excluding carboxylic acids is 1. The van der Waals surface area contributed by atoms with Gasteiger partial charge in [-0.2, -0.15) is 0 Å². The number of benzene rings is 1. The summed E-state index contributed by atoms with van der Waals surface area (Å²) < 4.78 is 6.80. The van der Waals surface area contributed by atoms with E-state index in [-0.39, 0.29) is 17.5 Å². The third kappa shape index (κ3) is 4.36. The number of thiophene rings is 1. The number of ether oxygens (including phenoxy) is 1. The van der Waals surface area contributed by atoms with Crippen molar-refractivity contribution in [1.29, 1.82) is 0 Å². The van der Waals surface area contributed by atoms with Gasteiger partial charge in [-0.15, -0.1) is 11.3 Å². The van der Waals surface area contributed by atoms with E-state index in [1.807, 2.05) is 27.7 Å². The number of anilines is 1. The number of hydrogen-bond donors (Lipinski definition) is 1. The van der Waals surface area contributed by atoms with E-state index in [9.17, 15) is 9.59 Å². The highest BCUT2D eigenvalue weighted by Crippen LogP contribution is 2.32. The van der Waals surface area contributed by atoms with Gasteiger partial charge in [0.25, 0.3) is 5.56 Å². The van der Waals surface area contributed by atoms with Crippen LogP contribution in [0, 0.1) is 13.8 Å². The first kappa shape index (κ1) is 22.7. The number of hydrogen-bond acceptors (Lipinski definition) is 6. The van der Waals surface area contributed by atoms with Crippen LogP contribution in [0.3, 0.4) is 0 Å². The van der Waals surface area contributed by atoms with E-state index in [4.69, 9.17) is 21.3 Å². The molecule has 0 aliphatic heterocycles. The minimum Gasteiger partial charge on any atom is -0.495 e. The monoisotopic (exact) mass is 465 g/mol. The zero-order valence-corrected chi connectivity index (χ0v) is 20.1. The number of nitrogens with zero attached hydrogens (tertiary/aromatic N) is 2. The number of methoxy groups -OCH3 is 1. The molecule has 30 heavy (non-hydrogen) atoms. The first-order valence-corrected chi connectivity index (χ1v) is 11.5. The van der Waals surface area contributed by atoms with Crippen molar-refractivity contribution in [1.82, 2.24) is 9.55 Å². The van der Waals surface area contributed by atoms with Crippen molar-refractivity contribution in [2.75, 3.05) is 12.4 Å². The summed E-state index contributed by atoms with van der Waals surface area (Å²) in [6, 6.07) is 4.99. The predicted octanol–water partition coefficient (Wildman–Crippen LogP) is 5.44. The standard InChI is InChI=1S/C21H24ClN3O3S2/c1-10(2)25-20(27)17-11(3)12(4)29-19(17)24-21(25)30-13(5)18(26)23-14-7-8-16(28-6)15(22)9-14/h7-10,13H,1-6H3,(H,23,26). The normalized spacial score (nSPS) is 12.4. The van der Waals surface area contributed by atoms with Crippen LogP contribution < -0.4 is 15.6 Å². The fourth-order valence-electron chi connectivity index (χ4n) is 3.03. The van der Waals surface area contributed by atoms with Gasteiger partial charge >= 0.3 is 0 Å². The van der Waals surface area contributed by atoms with Crippen molar-refractivity contribution in [3.05, 3.63) is 44.0 Å². The van der Waals surface area contributed by atoms with Crippen LogP contribution in [0.2, 0.25) is 5.02 Å². The summed E-state index contributed by atoms with van der Waals surface area (Å²) in [6.07, 6.45) is 0. The van der Waals surface area contributed by atoms with E-state index >= 15 is 0 Å². The number of carbonyl (C=O) groups is 1. The molecule has 0 saturated carbocycles. The summed E-state index contributed by atoms with van der Waals surface area (Å²) in [5, 5.41) is 4.01. The molecule has 1 atom stereocenters. The van der Waals surface area contributed by atoms with Crippen molar-refractivity contribution in [3.8, 4) is 5.75 Å². The lowest BCUT2D eigenvalue weighted by atomic mass is 10.2. The van der Waals surface area contributed by atoms with Crippen LogP contribution in [0.1, 0.15) is 37.3 Å². The second-order valence-corrected chi connectivity index (χ2v) is 10.1. The van der Waals surface area contributed by atoms with E-state index in [2.05, 4.69) is 5.32 Å². The Morgan fingerprint density at radius 3 is 2.60 bits per heavy atom. The molecule has 2 heterocycles. The van der Waals surface area contributed by atoms with E-state index in [1.165, 1.54) is 30.2 Å². The van der Waals surface area contributed by atoms with Gasteiger partial charge < -0.3 is 10.1 Å². The van der Waals surface area contributed by atoms with Crippen molar-refractivity contribution in [2.45, 2.75) is 51.1 Å². The van der Waals surface area contributed by atoms with Crippen LogP contribution in [0.5, 0.6) is 5.75 Å². The number of nitrogens with one attached hydrogen (secondary N) is 1. The summed E-state index contributed by atoms with van der Waals surface area (Å²) in [6.45, 7) is 9.61. The summed E-state index contributed by atoms with van der Waals surface area (Å²) in [5.41, 5.74) is 1.49. The molecule has 1 N–H and O–H groups in total. The molecule has 9 heteroatoms. The van der Waals surface area contributed by atoms with Crippen molar-refractivity contribution in [2.24, 2.45) is 0 Å². The molecule has 2 aromatic heterocycles. The topological polar surface area (TPSA) is 73.2 Å². The highest BCUT2D eigenvalue weighted by atomic mass is 35.5. The lowest BCUT2D eigenvalue weighted by Gasteiger charge is -2.18. The Labute approximate surface area is 188 Å². The van der Waals surface area contributed by atoms with Gasteiger partial charge in [0.1, 0.15) is 10.6 Å². The molecule has 3 rings (SSSR count). The predicted molar refractivity (Wildman–Crippen MR) is 126 cm³/mol. The maximum atomic E-state index is 13.2. The van der Waals surface area contributed by atoms with Crippen LogP contribution in [0.15, 0.2) is 28.2 Å². The first-order chi connectivity index (χ1) is 14.1. The molecule has 160 valence electrons.